The molecule has 1 fully saturated rings. The van der Waals surface area contributed by atoms with E-state index in [2.05, 4.69) is 37.8 Å². The average Bonchev–Trinajstić information content (AvgIpc) is 2.62. The Morgan fingerprint density at radius 2 is 2.00 bits per heavy atom. The van der Waals surface area contributed by atoms with E-state index in [0.29, 0.717) is 24.3 Å². The van der Waals surface area contributed by atoms with Gasteiger partial charge in [0.25, 0.3) is 0 Å². The average molecular weight is 251 g/mol. The second-order valence-corrected chi connectivity index (χ2v) is 6.47. The van der Waals surface area contributed by atoms with Gasteiger partial charge in [-0.15, -0.1) is 0 Å². The van der Waals surface area contributed by atoms with E-state index < -0.39 is 5.60 Å². The van der Waals surface area contributed by atoms with Gasteiger partial charge in [-0.1, -0.05) is 13.8 Å². The third-order valence-electron chi connectivity index (χ3n) is 3.89. The molecule has 0 aliphatic heterocycles. The van der Waals surface area contributed by atoms with E-state index in [-0.39, 0.29) is 0 Å². The number of aromatic nitrogens is 3. The lowest BCUT2D eigenvalue weighted by Gasteiger charge is -2.38. The minimum atomic E-state index is -0.600. The standard InChI is InChI=1S/C14H25N3O/c1-10(2)17-13(15-9-16-17)8-14(18)6-11(3)5-12(4)7-14/h9-12,18H,5-8H2,1-4H3. The highest BCUT2D eigenvalue weighted by molar-refractivity contribution is 4.99. The van der Waals surface area contributed by atoms with Crippen LogP contribution in [0.15, 0.2) is 6.33 Å². The van der Waals surface area contributed by atoms with Crippen molar-refractivity contribution in [1.82, 2.24) is 14.8 Å². The summed E-state index contributed by atoms with van der Waals surface area (Å²) in [6.07, 6.45) is 5.19. The fourth-order valence-corrected chi connectivity index (χ4v) is 3.50. The molecular formula is C14H25N3O. The smallest absolute Gasteiger partial charge is 0.138 e. The van der Waals surface area contributed by atoms with E-state index in [4.69, 9.17) is 0 Å². The van der Waals surface area contributed by atoms with Crippen molar-refractivity contribution < 1.29 is 5.11 Å². The van der Waals surface area contributed by atoms with Crippen molar-refractivity contribution in [2.24, 2.45) is 11.8 Å². The summed E-state index contributed by atoms with van der Waals surface area (Å²) >= 11 is 0. The Morgan fingerprint density at radius 1 is 1.39 bits per heavy atom. The van der Waals surface area contributed by atoms with Crippen molar-refractivity contribution in [2.45, 2.75) is 65.0 Å². The lowest BCUT2D eigenvalue weighted by atomic mass is 9.72. The van der Waals surface area contributed by atoms with Crippen LogP contribution in [0.25, 0.3) is 0 Å². The quantitative estimate of drug-likeness (QED) is 0.898. The Morgan fingerprint density at radius 3 is 2.56 bits per heavy atom. The summed E-state index contributed by atoms with van der Waals surface area (Å²) in [6.45, 7) is 8.64. The molecule has 1 aliphatic carbocycles. The fraction of sp³-hybridized carbons (Fsp3) is 0.857. The topological polar surface area (TPSA) is 50.9 Å². The van der Waals surface area contributed by atoms with Crippen molar-refractivity contribution in [3.05, 3.63) is 12.2 Å². The van der Waals surface area contributed by atoms with Crippen LogP contribution in [-0.2, 0) is 6.42 Å². The molecule has 18 heavy (non-hydrogen) atoms. The van der Waals surface area contributed by atoms with Crippen LogP contribution < -0.4 is 0 Å². The lowest BCUT2D eigenvalue weighted by molar-refractivity contribution is -0.0327. The summed E-state index contributed by atoms with van der Waals surface area (Å²) in [5, 5.41) is 15.1. The molecule has 0 amide bonds. The molecule has 1 aliphatic rings. The summed E-state index contributed by atoms with van der Waals surface area (Å²) in [5.74, 6) is 2.09. The summed E-state index contributed by atoms with van der Waals surface area (Å²) in [4.78, 5) is 4.32. The van der Waals surface area contributed by atoms with Crippen LogP contribution in [0.3, 0.4) is 0 Å². The molecule has 1 saturated carbocycles. The maximum absolute atomic E-state index is 10.8. The Hall–Kier alpha value is -0.900. The van der Waals surface area contributed by atoms with Gasteiger partial charge in [0, 0.05) is 12.5 Å². The van der Waals surface area contributed by atoms with Crippen LogP contribution in [0.4, 0.5) is 0 Å². The van der Waals surface area contributed by atoms with E-state index in [0.717, 1.165) is 18.7 Å². The second-order valence-electron chi connectivity index (χ2n) is 6.47. The molecule has 0 saturated heterocycles. The summed E-state index contributed by atoms with van der Waals surface area (Å²) in [5.41, 5.74) is -0.600. The molecule has 2 unspecified atom stereocenters. The second kappa shape index (κ2) is 5.00. The monoisotopic (exact) mass is 251 g/mol. The molecule has 4 nitrogen and oxygen atoms in total. The minimum Gasteiger partial charge on any atom is -0.389 e. The van der Waals surface area contributed by atoms with E-state index >= 15 is 0 Å². The number of hydrogen-bond donors (Lipinski definition) is 1. The summed E-state index contributed by atoms with van der Waals surface area (Å²) < 4.78 is 1.92. The lowest BCUT2D eigenvalue weighted by Crippen LogP contribution is -2.40. The number of rotatable bonds is 3. The van der Waals surface area contributed by atoms with Gasteiger partial charge in [-0.25, -0.2) is 9.67 Å². The first-order valence-corrected chi connectivity index (χ1v) is 7.00. The van der Waals surface area contributed by atoms with Crippen LogP contribution in [0.2, 0.25) is 0 Å². The molecule has 0 aromatic carbocycles. The van der Waals surface area contributed by atoms with Crippen LogP contribution in [-0.4, -0.2) is 25.5 Å². The number of hydrogen-bond acceptors (Lipinski definition) is 3. The first-order valence-electron chi connectivity index (χ1n) is 7.00. The van der Waals surface area contributed by atoms with Gasteiger partial charge >= 0.3 is 0 Å². The summed E-state index contributed by atoms with van der Waals surface area (Å²) in [7, 11) is 0. The molecule has 2 rings (SSSR count). The fourth-order valence-electron chi connectivity index (χ4n) is 3.50. The zero-order valence-corrected chi connectivity index (χ0v) is 11.9. The molecule has 1 aromatic heterocycles. The maximum atomic E-state index is 10.8. The third kappa shape index (κ3) is 2.91. The van der Waals surface area contributed by atoms with Crippen molar-refractivity contribution in [1.29, 1.82) is 0 Å². The number of nitrogens with zero attached hydrogens (tertiary/aromatic N) is 3. The van der Waals surface area contributed by atoms with Gasteiger partial charge < -0.3 is 5.11 Å². The Labute approximate surface area is 109 Å². The molecule has 0 radical (unpaired) electrons. The predicted molar refractivity (Wildman–Crippen MR) is 71.2 cm³/mol. The first-order chi connectivity index (χ1) is 8.39. The predicted octanol–water partition coefficient (Wildman–Crippen LogP) is 2.59. The van der Waals surface area contributed by atoms with Crippen molar-refractivity contribution in [3.63, 3.8) is 0 Å². The van der Waals surface area contributed by atoms with Crippen LogP contribution in [0.1, 0.15) is 58.8 Å². The highest BCUT2D eigenvalue weighted by Gasteiger charge is 2.37. The van der Waals surface area contributed by atoms with Crippen LogP contribution in [0, 0.1) is 11.8 Å². The highest BCUT2D eigenvalue weighted by atomic mass is 16.3. The van der Waals surface area contributed by atoms with Gasteiger partial charge in [0.15, 0.2) is 0 Å². The largest absolute Gasteiger partial charge is 0.389 e. The van der Waals surface area contributed by atoms with E-state index in [1.807, 2.05) is 4.68 Å². The van der Waals surface area contributed by atoms with Crippen molar-refractivity contribution in [2.75, 3.05) is 0 Å². The molecule has 0 spiro atoms. The molecule has 102 valence electrons. The normalized spacial score (nSPS) is 33.0. The highest BCUT2D eigenvalue weighted by Crippen LogP contribution is 2.37. The molecule has 0 bridgehead atoms. The van der Waals surface area contributed by atoms with Crippen molar-refractivity contribution >= 4 is 0 Å². The third-order valence-corrected chi connectivity index (χ3v) is 3.89. The Balaban J connectivity index is 2.14. The van der Waals surface area contributed by atoms with Gasteiger partial charge in [-0.2, -0.15) is 5.10 Å². The molecule has 1 aromatic rings. The van der Waals surface area contributed by atoms with Gasteiger partial charge in [-0.3, -0.25) is 0 Å². The molecule has 4 heteroatoms. The van der Waals surface area contributed by atoms with Crippen molar-refractivity contribution in [3.8, 4) is 0 Å². The van der Waals surface area contributed by atoms with Crippen LogP contribution >= 0.6 is 0 Å². The van der Waals surface area contributed by atoms with Gasteiger partial charge in [0.1, 0.15) is 12.2 Å². The molecular weight excluding hydrogens is 226 g/mol. The van der Waals surface area contributed by atoms with Crippen LogP contribution in [0.5, 0.6) is 0 Å². The zero-order valence-electron chi connectivity index (χ0n) is 11.9. The van der Waals surface area contributed by atoms with Gasteiger partial charge in [0.05, 0.1) is 5.60 Å². The van der Waals surface area contributed by atoms with Gasteiger partial charge in [0.2, 0.25) is 0 Å². The first kappa shape index (κ1) is 13.5. The number of aliphatic hydroxyl groups is 1. The molecule has 2 atom stereocenters. The zero-order chi connectivity index (χ0) is 13.3. The maximum Gasteiger partial charge on any atom is 0.138 e. The molecule has 1 N–H and O–H groups in total. The van der Waals surface area contributed by atoms with Gasteiger partial charge in [-0.05, 0) is 44.9 Å². The Kier molecular flexibility index (Phi) is 3.76. The SMILES string of the molecule is CC1CC(C)CC(O)(Cc2ncnn2C(C)C)C1. The van der Waals surface area contributed by atoms with E-state index in [9.17, 15) is 5.11 Å². The minimum absolute atomic E-state index is 0.296. The van der Waals surface area contributed by atoms with E-state index in [1.165, 1.54) is 6.42 Å². The summed E-state index contributed by atoms with van der Waals surface area (Å²) in [6, 6.07) is 0.296. The molecule has 1 heterocycles. The van der Waals surface area contributed by atoms with E-state index in [1.54, 1.807) is 6.33 Å². The Bertz CT molecular complexity index is 389.